The molecule has 0 bridgehead atoms. The van der Waals surface area contributed by atoms with Gasteiger partial charge >= 0.3 is 0 Å². The van der Waals surface area contributed by atoms with Gasteiger partial charge in [-0.25, -0.2) is 0 Å². The molecule has 1 atom stereocenters. The van der Waals surface area contributed by atoms with Crippen molar-refractivity contribution >= 4 is 0 Å². The molecule has 2 fully saturated rings. The molecule has 2 aliphatic rings. The molecule has 1 unspecified atom stereocenters. The Morgan fingerprint density at radius 3 is 1.88 bits per heavy atom. The molecule has 0 aromatic carbocycles. The SMILES string of the molecule is [CH2]CCCCCCCCCCCC1CCC(C2C[CH]CCC2)CC1. The molecular weight excluding hydrogens is 288 g/mol. The number of rotatable bonds is 12. The van der Waals surface area contributed by atoms with E-state index in [1.807, 2.05) is 0 Å². The van der Waals surface area contributed by atoms with E-state index in [-0.39, 0.29) is 0 Å². The van der Waals surface area contributed by atoms with Crippen LogP contribution in [0.15, 0.2) is 0 Å². The monoisotopic (exact) mass is 332 g/mol. The van der Waals surface area contributed by atoms with E-state index < -0.39 is 0 Å². The molecule has 140 valence electrons. The lowest BCUT2D eigenvalue weighted by Gasteiger charge is -2.35. The molecular formula is C24H44. The third kappa shape index (κ3) is 8.39. The molecule has 0 aromatic heterocycles. The van der Waals surface area contributed by atoms with Gasteiger partial charge in [-0.05, 0) is 43.4 Å². The van der Waals surface area contributed by atoms with E-state index in [4.69, 9.17) is 0 Å². The minimum atomic E-state index is 1.06. The summed E-state index contributed by atoms with van der Waals surface area (Å²) in [6.07, 6.45) is 30.4. The predicted octanol–water partition coefficient (Wildman–Crippen LogP) is 8.31. The van der Waals surface area contributed by atoms with Crippen LogP contribution in [0.4, 0.5) is 0 Å². The second kappa shape index (κ2) is 13.2. The molecule has 0 aliphatic heterocycles. The number of hydrogen-bond donors (Lipinski definition) is 0. The second-order valence-corrected chi connectivity index (χ2v) is 8.82. The van der Waals surface area contributed by atoms with Crippen LogP contribution in [0.1, 0.15) is 122 Å². The van der Waals surface area contributed by atoms with Crippen molar-refractivity contribution in [1.29, 1.82) is 0 Å². The summed E-state index contributed by atoms with van der Waals surface area (Å²) in [7, 11) is 0. The smallest absolute Gasteiger partial charge is 0.0383 e. The van der Waals surface area contributed by atoms with Gasteiger partial charge < -0.3 is 0 Å². The summed E-state index contributed by atoms with van der Waals surface area (Å²) in [5.74, 6) is 3.23. The van der Waals surface area contributed by atoms with Crippen LogP contribution in [0, 0.1) is 31.1 Å². The molecule has 24 heavy (non-hydrogen) atoms. The molecule has 0 heterocycles. The van der Waals surface area contributed by atoms with Crippen LogP contribution < -0.4 is 0 Å². The normalized spacial score (nSPS) is 25.9. The van der Waals surface area contributed by atoms with Gasteiger partial charge in [0.25, 0.3) is 0 Å². The Morgan fingerprint density at radius 1 is 0.667 bits per heavy atom. The predicted molar refractivity (Wildman–Crippen MR) is 108 cm³/mol. The highest BCUT2D eigenvalue weighted by Gasteiger charge is 2.28. The minimum Gasteiger partial charge on any atom is -0.0533 e. The third-order valence-corrected chi connectivity index (χ3v) is 6.87. The highest BCUT2D eigenvalue weighted by atomic mass is 14.3. The van der Waals surface area contributed by atoms with Crippen LogP contribution in [0.5, 0.6) is 0 Å². The van der Waals surface area contributed by atoms with Crippen LogP contribution in [-0.4, -0.2) is 0 Å². The zero-order chi connectivity index (χ0) is 16.9. The average molecular weight is 333 g/mol. The standard InChI is InChI=1S/C24H44/c1-2-3-4-5-6-7-8-9-10-12-15-22-18-20-24(21-19-22)23-16-13-11-14-17-23/h13,22-24H,1-12,14-21H2. The van der Waals surface area contributed by atoms with Crippen LogP contribution in [-0.2, 0) is 0 Å². The van der Waals surface area contributed by atoms with Gasteiger partial charge in [0.2, 0.25) is 0 Å². The Balaban J connectivity index is 1.38. The first-order valence-electron chi connectivity index (χ1n) is 11.5. The lowest BCUT2D eigenvalue weighted by atomic mass is 9.70. The van der Waals surface area contributed by atoms with E-state index in [1.54, 1.807) is 25.7 Å². The van der Waals surface area contributed by atoms with Gasteiger partial charge in [-0.1, -0.05) is 110 Å². The molecule has 0 nitrogen and oxygen atoms in total. The molecule has 0 amide bonds. The molecule has 2 aliphatic carbocycles. The van der Waals surface area contributed by atoms with E-state index in [0.717, 1.165) is 24.2 Å². The van der Waals surface area contributed by atoms with Crippen molar-refractivity contribution in [2.75, 3.05) is 0 Å². The first-order chi connectivity index (χ1) is 11.9. The van der Waals surface area contributed by atoms with E-state index in [9.17, 15) is 0 Å². The summed E-state index contributed by atoms with van der Waals surface area (Å²) >= 11 is 0. The van der Waals surface area contributed by atoms with Crippen molar-refractivity contribution in [2.45, 2.75) is 122 Å². The molecule has 2 radical (unpaired) electrons. The maximum Gasteiger partial charge on any atom is -0.0383 e. The van der Waals surface area contributed by atoms with E-state index in [1.165, 1.54) is 89.9 Å². The van der Waals surface area contributed by atoms with Gasteiger partial charge in [-0.2, -0.15) is 0 Å². The Bertz CT molecular complexity index is 268. The molecule has 0 N–H and O–H groups in total. The zero-order valence-electron chi connectivity index (χ0n) is 16.5. The Hall–Kier alpha value is 0. The van der Waals surface area contributed by atoms with Gasteiger partial charge in [0.15, 0.2) is 0 Å². The van der Waals surface area contributed by atoms with Crippen molar-refractivity contribution in [3.63, 3.8) is 0 Å². The molecule has 0 saturated heterocycles. The van der Waals surface area contributed by atoms with Crippen molar-refractivity contribution in [2.24, 2.45) is 17.8 Å². The molecule has 0 heteroatoms. The molecule has 0 aromatic rings. The lowest BCUT2D eigenvalue weighted by molar-refractivity contribution is 0.175. The quantitative estimate of drug-likeness (QED) is 0.315. The summed E-state index contributed by atoms with van der Waals surface area (Å²) in [5.41, 5.74) is 0. The molecule has 2 rings (SSSR count). The summed E-state index contributed by atoms with van der Waals surface area (Å²) < 4.78 is 0. The van der Waals surface area contributed by atoms with E-state index >= 15 is 0 Å². The van der Waals surface area contributed by atoms with Crippen molar-refractivity contribution in [1.82, 2.24) is 0 Å². The Morgan fingerprint density at radius 2 is 1.29 bits per heavy atom. The number of unbranched alkanes of at least 4 members (excludes halogenated alkanes) is 9. The largest absolute Gasteiger partial charge is 0.0533 e. The molecule has 2 saturated carbocycles. The lowest BCUT2D eigenvalue weighted by Crippen LogP contribution is -2.23. The summed E-state index contributed by atoms with van der Waals surface area (Å²) in [6.45, 7) is 3.92. The first-order valence-corrected chi connectivity index (χ1v) is 11.5. The first kappa shape index (κ1) is 20.3. The zero-order valence-corrected chi connectivity index (χ0v) is 16.5. The Kier molecular flexibility index (Phi) is 11.2. The van der Waals surface area contributed by atoms with Gasteiger partial charge in [-0.3, -0.25) is 0 Å². The van der Waals surface area contributed by atoms with Gasteiger partial charge in [-0.15, -0.1) is 0 Å². The van der Waals surface area contributed by atoms with Gasteiger partial charge in [0.05, 0.1) is 0 Å². The topological polar surface area (TPSA) is 0 Å². The maximum absolute atomic E-state index is 3.92. The van der Waals surface area contributed by atoms with Crippen LogP contribution in [0.25, 0.3) is 0 Å². The van der Waals surface area contributed by atoms with E-state index in [0.29, 0.717) is 0 Å². The maximum atomic E-state index is 3.92. The highest BCUT2D eigenvalue weighted by Crippen LogP contribution is 2.40. The Labute approximate surface area is 153 Å². The van der Waals surface area contributed by atoms with Crippen LogP contribution >= 0.6 is 0 Å². The third-order valence-electron chi connectivity index (χ3n) is 6.87. The van der Waals surface area contributed by atoms with Crippen molar-refractivity contribution < 1.29 is 0 Å². The van der Waals surface area contributed by atoms with Gasteiger partial charge in [0, 0.05) is 0 Å². The average Bonchev–Trinajstić information content (AvgIpc) is 2.64. The second-order valence-electron chi connectivity index (χ2n) is 8.82. The van der Waals surface area contributed by atoms with Crippen LogP contribution in [0.3, 0.4) is 0 Å². The summed E-state index contributed by atoms with van der Waals surface area (Å²) in [5, 5.41) is 0. The summed E-state index contributed by atoms with van der Waals surface area (Å²) in [6, 6.07) is 0. The highest BCUT2D eigenvalue weighted by molar-refractivity contribution is 4.84. The van der Waals surface area contributed by atoms with Crippen molar-refractivity contribution in [3.05, 3.63) is 13.3 Å². The molecule has 0 spiro atoms. The van der Waals surface area contributed by atoms with E-state index in [2.05, 4.69) is 13.3 Å². The fourth-order valence-electron chi connectivity index (χ4n) is 5.20. The number of hydrogen-bond acceptors (Lipinski definition) is 0. The van der Waals surface area contributed by atoms with Gasteiger partial charge in [0.1, 0.15) is 0 Å². The van der Waals surface area contributed by atoms with Crippen molar-refractivity contribution in [3.8, 4) is 0 Å². The summed E-state index contributed by atoms with van der Waals surface area (Å²) in [4.78, 5) is 0. The minimum absolute atomic E-state index is 1.06. The fourth-order valence-corrected chi connectivity index (χ4v) is 5.20. The fraction of sp³-hybridized carbons (Fsp3) is 0.917. The van der Waals surface area contributed by atoms with Crippen LogP contribution in [0.2, 0.25) is 0 Å².